The van der Waals surface area contributed by atoms with Gasteiger partial charge in [-0.1, -0.05) is 18.2 Å². The van der Waals surface area contributed by atoms with E-state index in [0.29, 0.717) is 11.3 Å². The highest BCUT2D eigenvalue weighted by atomic mass is 19.1. The Morgan fingerprint density at radius 3 is 2.22 bits per heavy atom. The third kappa shape index (κ3) is 3.04. The van der Waals surface area contributed by atoms with Crippen LogP contribution in [0, 0.1) is 5.82 Å². The fourth-order valence-electron chi connectivity index (χ4n) is 1.49. The van der Waals surface area contributed by atoms with Crippen molar-refractivity contribution in [3.63, 3.8) is 0 Å². The summed E-state index contributed by atoms with van der Waals surface area (Å²) in [6.45, 7) is 0. The van der Waals surface area contributed by atoms with Gasteiger partial charge in [-0.3, -0.25) is 4.79 Å². The van der Waals surface area contributed by atoms with Crippen LogP contribution in [0.3, 0.4) is 0 Å². The second-order valence-electron chi connectivity index (χ2n) is 3.87. The zero-order valence-corrected chi connectivity index (χ0v) is 9.64. The first kappa shape index (κ1) is 12.0. The number of anilines is 1. The molecule has 2 rings (SSSR count). The quantitative estimate of drug-likeness (QED) is 0.509. The van der Waals surface area contributed by atoms with Gasteiger partial charge in [0.2, 0.25) is 0 Å². The fraction of sp³-hybridized carbons (Fsp3) is 0. The van der Waals surface area contributed by atoms with E-state index in [9.17, 15) is 9.18 Å². The molecule has 18 heavy (non-hydrogen) atoms. The van der Waals surface area contributed by atoms with E-state index >= 15 is 0 Å². The van der Waals surface area contributed by atoms with Crippen molar-refractivity contribution in [1.82, 2.24) is 0 Å². The smallest absolute Gasteiger partial charge is 0.185 e. The van der Waals surface area contributed by atoms with E-state index in [2.05, 4.69) is 0 Å². The number of carbonyl (C=O) groups is 1. The number of ketones is 1. The van der Waals surface area contributed by atoms with Crippen LogP contribution in [0.4, 0.5) is 10.1 Å². The van der Waals surface area contributed by atoms with Crippen LogP contribution in [0.15, 0.2) is 54.6 Å². The van der Waals surface area contributed by atoms with Gasteiger partial charge in [0.15, 0.2) is 5.78 Å². The normalized spacial score (nSPS) is 10.7. The number of nitrogen functional groups attached to an aromatic ring is 1. The van der Waals surface area contributed by atoms with Crippen LogP contribution in [-0.2, 0) is 0 Å². The maximum atomic E-state index is 12.7. The number of benzene rings is 2. The van der Waals surface area contributed by atoms with Crippen LogP contribution >= 0.6 is 0 Å². The van der Waals surface area contributed by atoms with Gasteiger partial charge in [-0.25, -0.2) is 4.39 Å². The number of carbonyl (C=O) groups excluding carboxylic acids is 1. The first-order valence-electron chi connectivity index (χ1n) is 5.49. The Balaban J connectivity index is 2.11. The van der Waals surface area contributed by atoms with Crippen LogP contribution in [-0.4, -0.2) is 5.78 Å². The fourth-order valence-corrected chi connectivity index (χ4v) is 1.49. The minimum atomic E-state index is -0.294. The Bertz CT molecular complexity index is 570. The van der Waals surface area contributed by atoms with E-state index in [1.165, 1.54) is 18.2 Å². The SMILES string of the molecule is Nc1ccc(C(=O)C=Cc2ccc(F)cc2)cc1. The molecule has 0 radical (unpaired) electrons. The van der Waals surface area contributed by atoms with E-state index in [-0.39, 0.29) is 11.6 Å². The molecule has 0 aliphatic rings. The molecule has 0 saturated carbocycles. The molecule has 2 aromatic carbocycles. The lowest BCUT2D eigenvalue weighted by Crippen LogP contribution is -1.94. The highest BCUT2D eigenvalue weighted by Gasteiger charge is 2.00. The lowest BCUT2D eigenvalue weighted by Gasteiger charge is -1.97. The zero-order valence-electron chi connectivity index (χ0n) is 9.64. The molecular formula is C15H12FNO. The van der Waals surface area contributed by atoms with Gasteiger partial charge >= 0.3 is 0 Å². The summed E-state index contributed by atoms with van der Waals surface area (Å²) in [5, 5.41) is 0. The molecule has 0 unspecified atom stereocenters. The Hall–Kier alpha value is -2.42. The maximum absolute atomic E-state index is 12.7. The zero-order chi connectivity index (χ0) is 13.0. The van der Waals surface area contributed by atoms with Gasteiger partial charge in [-0.05, 0) is 48.0 Å². The average Bonchev–Trinajstić information content (AvgIpc) is 2.38. The minimum absolute atomic E-state index is 0.112. The largest absolute Gasteiger partial charge is 0.399 e. The molecule has 0 bridgehead atoms. The van der Waals surface area contributed by atoms with Crippen molar-refractivity contribution >= 4 is 17.5 Å². The molecule has 0 aliphatic heterocycles. The molecule has 3 heteroatoms. The first-order chi connectivity index (χ1) is 8.65. The van der Waals surface area contributed by atoms with Crippen molar-refractivity contribution in [2.24, 2.45) is 0 Å². The highest BCUT2D eigenvalue weighted by Crippen LogP contribution is 2.09. The molecule has 2 nitrogen and oxygen atoms in total. The number of hydrogen-bond acceptors (Lipinski definition) is 2. The summed E-state index contributed by atoms with van der Waals surface area (Å²) in [6.07, 6.45) is 3.11. The molecule has 90 valence electrons. The Kier molecular flexibility index (Phi) is 3.53. The maximum Gasteiger partial charge on any atom is 0.185 e. The summed E-state index contributed by atoms with van der Waals surface area (Å²) in [7, 11) is 0. The van der Waals surface area contributed by atoms with E-state index < -0.39 is 0 Å². The number of nitrogens with two attached hydrogens (primary N) is 1. The monoisotopic (exact) mass is 241 g/mol. The summed E-state index contributed by atoms with van der Waals surface area (Å²) in [5.74, 6) is -0.406. The van der Waals surface area contributed by atoms with E-state index in [0.717, 1.165) is 5.56 Å². The molecule has 2 N–H and O–H groups in total. The van der Waals surface area contributed by atoms with Crippen molar-refractivity contribution in [1.29, 1.82) is 0 Å². The molecule has 0 aliphatic carbocycles. The predicted molar refractivity (Wildman–Crippen MR) is 70.6 cm³/mol. The van der Waals surface area contributed by atoms with Crippen molar-refractivity contribution in [2.45, 2.75) is 0 Å². The topological polar surface area (TPSA) is 43.1 Å². The summed E-state index contributed by atoms with van der Waals surface area (Å²) in [5.41, 5.74) is 7.51. The van der Waals surface area contributed by atoms with E-state index in [4.69, 9.17) is 5.73 Å². The lowest BCUT2D eigenvalue weighted by atomic mass is 10.1. The summed E-state index contributed by atoms with van der Waals surface area (Å²) >= 11 is 0. The molecule has 0 spiro atoms. The standard InChI is InChI=1S/C15H12FNO/c16-13-6-1-11(2-7-13)3-10-15(18)12-4-8-14(17)9-5-12/h1-10H,17H2. The minimum Gasteiger partial charge on any atom is -0.399 e. The van der Waals surface area contributed by atoms with Gasteiger partial charge < -0.3 is 5.73 Å². The Labute approximate surface area is 105 Å². The van der Waals surface area contributed by atoms with Gasteiger partial charge in [0.1, 0.15) is 5.82 Å². The highest BCUT2D eigenvalue weighted by molar-refractivity contribution is 6.06. The van der Waals surface area contributed by atoms with Crippen molar-refractivity contribution in [2.75, 3.05) is 5.73 Å². The van der Waals surface area contributed by atoms with Crippen LogP contribution in [0.2, 0.25) is 0 Å². The molecule has 0 aromatic heterocycles. The Morgan fingerprint density at radius 1 is 1.00 bits per heavy atom. The molecule has 0 saturated heterocycles. The number of hydrogen-bond donors (Lipinski definition) is 1. The van der Waals surface area contributed by atoms with Crippen LogP contribution < -0.4 is 5.73 Å². The van der Waals surface area contributed by atoms with Crippen LogP contribution in [0.5, 0.6) is 0 Å². The molecular weight excluding hydrogens is 229 g/mol. The number of halogens is 1. The van der Waals surface area contributed by atoms with Gasteiger partial charge in [0.25, 0.3) is 0 Å². The molecule has 0 amide bonds. The van der Waals surface area contributed by atoms with Crippen LogP contribution in [0.25, 0.3) is 6.08 Å². The van der Waals surface area contributed by atoms with Gasteiger partial charge in [-0.15, -0.1) is 0 Å². The van der Waals surface area contributed by atoms with Crippen molar-refractivity contribution < 1.29 is 9.18 Å². The number of allylic oxidation sites excluding steroid dienone is 1. The van der Waals surface area contributed by atoms with E-state index in [1.807, 2.05) is 0 Å². The van der Waals surface area contributed by atoms with Gasteiger partial charge in [0, 0.05) is 11.3 Å². The summed E-state index contributed by atoms with van der Waals surface area (Å²) in [4.78, 5) is 11.8. The summed E-state index contributed by atoms with van der Waals surface area (Å²) in [6, 6.07) is 12.6. The second-order valence-corrected chi connectivity index (χ2v) is 3.87. The molecule has 0 fully saturated rings. The molecule has 0 atom stereocenters. The van der Waals surface area contributed by atoms with Crippen LogP contribution in [0.1, 0.15) is 15.9 Å². The van der Waals surface area contributed by atoms with Gasteiger partial charge in [-0.2, -0.15) is 0 Å². The second kappa shape index (κ2) is 5.27. The Morgan fingerprint density at radius 2 is 1.61 bits per heavy atom. The van der Waals surface area contributed by atoms with Gasteiger partial charge in [0.05, 0.1) is 0 Å². The number of rotatable bonds is 3. The van der Waals surface area contributed by atoms with E-state index in [1.54, 1.807) is 42.5 Å². The molecule has 0 heterocycles. The van der Waals surface area contributed by atoms with Crippen molar-refractivity contribution in [3.8, 4) is 0 Å². The van der Waals surface area contributed by atoms with Crippen molar-refractivity contribution in [3.05, 3.63) is 71.6 Å². The third-order valence-corrected chi connectivity index (χ3v) is 2.49. The lowest BCUT2D eigenvalue weighted by molar-refractivity contribution is 0.104. The molecule has 2 aromatic rings. The average molecular weight is 241 g/mol. The first-order valence-corrected chi connectivity index (χ1v) is 5.49. The predicted octanol–water partition coefficient (Wildman–Crippen LogP) is 3.30. The summed E-state index contributed by atoms with van der Waals surface area (Å²) < 4.78 is 12.7. The third-order valence-electron chi connectivity index (χ3n) is 2.49.